The molecular weight excluding hydrogens is 302 g/mol. The van der Waals surface area contributed by atoms with Gasteiger partial charge in [0.15, 0.2) is 17.8 Å². The molecule has 2 heterocycles. The summed E-state index contributed by atoms with van der Waals surface area (Å²) in [5.74, 6) is 1.52. The van der Waals surface area contributed by atoms with Crippen LogP contribution in [0.5, 0.6) is 5.75 Å². The summed E-state index contributed by atoms with van der Waals surface area (Å²) in [4.78, 5) is 15.3. The number of benzene rings is 1. The van der Waals surface area contributed by atoms with E-state index in [2.05, 4.69) is 4.98 Å². The molecule has 0 bridgehead atoms. The Morgan fingerprint density at radius 3 is 2.45 bits per heavy atom. The summed E-state index contributed by atoms with van der Waals surface area (Å²) in [5.41, 5.74) is 2.20. The van der Waals surface area contributed by atoms with Crippen LogP contribution < -0.4 is 4.74 Å². The lowest BCUT2D eigenvalue weighted by Crippen LogP contribution is -1.88. The van der Waals surface area contributed by atoms with E-state index in [1.165, 1.54) is 0 Å². The number of nitrogens with zero attached hydrogens (tertiary/aromatic N) is 1. The largest absolute Gasteiger partial charge is 0.497 e. The van der Waals surface area contributed by atoms with Gasteiger partial charge in [-0.25, -0.2) is 4.98 Å². The van der Waals surface area contributed by atoms with Crippen molar-refractivity contribution in [3.8, 4) is 28.5 Å². The Hall–Kier alpha value is -2.59. The summed E-state index contributed by atoms with van der Waals surface area (Å²) in [5, 5.41) is 0.542. The van der Waals surface area contributed by atoms with Gasteiger partial charge >= 0.3 is 0 Å². The maximum Gasteiger partial charge on any atom is 0.185 e. The lowest BCUT2D eigenvalue weighted by Gasteiger charge is -2.06. The Bertz CT molecular complexity index is 809. The van der Waals surface area contributed by atoms with Crippen LogP contribution in [-0.2, 0) is 0 Å². The second-order valence-corrected chi connectivity index (χ2v) is 5.04. The molecule has 0 fully saturated rings. The topological polar surface area (TPSA) is 52.3 Å². The van der Waals surface area contributed by atoms with Crippen molar-refractivity contribution in [1.29, 1.82) is 0 Å². The number of methoxy groups -OCH3 is 1. The molecule has 0 N–H and O–H groups in total. The fourth-order valence-corrected chi connectivity index (χ4v) is 2.29. The number of ether oxygens (including phenoxy) is 1. The van der Waals surface area contributed by atoms with E-state index in [0.29, 0.717) is 28.5 Å². The Morgan fingerprint density at radius 2 is 1.82 bits per heavy atom. The zero-order chi connectivity index (χ0) is 15.5. The normalized spacial score (nSPS) is 10.5. The van der Waals surface area contributed by atoms with Crippen molar-refractivity contribution < 1.29 is 13.9 Å². The highest BCUT2D eigenvalue weighted by molar-refractivity contribution is 6.31. The van der Waals surface area contributed by atoms with Gasteiger partial charge < -0.3 is 9.15 Å². The summed E-state index contributed by atoms with van der Waals surface area (Å²) in [6.45, 7) is 0. The first-order valence-corrected chi connectivity index (χ1v) is 6.95. The predicted octanol–water partition coefficient (Wildman–Crippen LogP) is 4.48. The molecule has 0 saturated heterocycles. The standard InChI is InChI=1S/C17H12ClNO3/c1-21-13-4-2-11(3-5-13)15-8-12(18)9-16(19-15)17-7-6-14(10-20)22-17/h2-10H,1H3. The molecule has 0 atom stereocenters. The monoisotopic (exact) mass is 313 g/mol. The number of furan rings is 1. The fraction of sp³-hybridized carbons (Fsp3) is 0.0588. The molecule has 2 aromatic heterocycles. The zero-order valence-electron chi connectivity index (χ0n) is 11.7. The zero-order valence-corrected chi connectivity index (χ0v) is 12.5. The Morgan fingerprint density at radius 1 is 1.09 bits per heavy atom. The molecule has 0 unspecified atom stereocenters. The van der Waals surface area contributed by atoms with Crippen LogP contribution in [0.15, 0.2) is 52.9 Å². The molecular formula is C17H12ClNO3. The molecule has 0 amide bonds. The average Bonchev–Trinajstić information content (AvgIpc) is 3.03. The average molecular weight is 314 g/mol. The van der Waals surface area contributed by atoms with E-state index >= 15 is 0 Å². The predicted molar refractivity (Wildman–Crippen MR) is 84.3 cm³/mol. The summed E-state index contributed by atoms with van der Waals surface area (Å²) in [6, 6.07) is 14.3. The first kappa shape index (κ1) is 14.4. The SMILES string of the molecule is COc1ccc(-c2cc(Cl)cc(-c3ccc(C=O)o3)n2)cc1. The highest BCUT2D eigenvalue weighted by Crippen LogP contribution is 2.28. The van der Waals surface area contributed by atoms with E-state index in [4.69, 9.17) is 20.8 Å². The molecule has 1 aromatic carbocycles. The molecule has 22 heavy (non-hydrogen) atoms. The number of pyridine rings is 1. The van der Waals surface area contributed by atoms with Gasteiger partial charge in [0.05, 0.1) is 12.8 Å². The molecule has 5 heteroatoms. The van der Waals surface area contributed by atoms with E-state index < -0.39 is 0 Å². The van der Waals surface area contributed by atoms with E-state index in [1.807, 2.05) is 24.3 Å². The summed E-state index contributed by atoms with van der Waals surface area (Å²) in [6.07, 6.45) is 0.651. The van der Waals surface area contributed by atoms with Gasteiger partial charge in [0.1, 0.15) is 11.4 Å². The Labute approximate surface area is 132 Å². The minimum Gasteiger partial charge on any atom is -0.497 e. The number of aldehydes is 1. The van der Waals surface area contributed by atoms with Crippen LogP contribution in [0, 0.1) is 0 Å². The first-order valence-electron chi connectivity index (χ1n) is 6.57. The molecule has 0 aliphatic heterocycles. The number of carbonyl (C=O) groups is 1. The molecule has 110 valence electrons. The summed E-state index contributed by atoms with van der Waals surface area (Å²) in [7, 11) is 1.62. The maximum atomic E-state index is 10.7. The minimum absolute atomic E-state index is 0.253. The van der Waals surface area contributed by atoms with Crippen LogP contribution in [0.2, 0.25) is 5.02 Å². The van der Waals surface area contributed by atoms with E-state index in [1.54, 1.807) is 31.4 Å². The van der Waals surface area contributed by atoms with Crippen LogP contribution in [-0.4, -0.2) is 18.4 Å². The highest BCUT2D eigenvalue weighted by atomic mass is 35.5. The van der Waals surface area contributed by atoms with Gasteiger partial charge in [-0.2, -0.15) is 0 Å². The van der Waals surface area contributed by atoms with Gasteiger partial charge in [0.2, 0.25) is 0 Å². The number of aromatic nitrogens is 1. The molecule has 3 aromatic rings. The van der Waals surface area contributed by atoms with Crippen molar-refractivity contribution in [1.82, 2.24) is 4.98 Å². The third kappa shape index (κ3) is 2.87. The fourth-order valence-electron chi connectivity index (χ4n) is 2.09. The quantitative estimate of drug-likeness (QED) is 0.666. The van der Waals surface area contributed by atoms with Crippen LogP contribution in [0.1, 0.15) is 10.6 Å². The van der Waals surface area contributed by atoms with Crippen molar-refractivity contribution in [2.45, 2.75) is 0 Å². The van der Waals surface area contributed by atoms with Gasteiger partial charge in [-0.05, 0) is 48.5 Å². The lowest BCUT2D eigenvalue weighted by atomic mass is 10.1. The van der Waals surface area contributed by atoms with Gasteiger partial charge in [-0.1, -0.05) is 11.6 Å². The molecule has 0 radical (unpaired) electrons. The third-order valence-corrected chi connectivity index (χ3v) is 3.39. The second-order valence-electron chi connectivity index (χ2n) is 4.60. The van der Waals surface area contributed by atoms with Gasteiger partial charge in [-0.3, -0.25) is 4.79 Å². The van der Waals surface area contributed by atoms with Gasteiger partial charge in [0.25, 0.3) is 0 Å². The molecule has 0 aliphatic rings. The maximum absolute atomic E-state index is 10.7. The molecule has 4 nitrogen and oxygen atoms in total. The molecule has 0 spiro atoms. The van der Waals surface area contributed by atoms with Crippen molar-refractivity contribution in [2.75, 3.05) is 7.11 Å². The van der Waals surface area contributed by atoms with Crippen LogP contribution in [0.4, 0.5) is 0 Å². The van der Waals surface area contributed by atoms with Crippen molar-refractivity contribution in [2.24, 2.45) is 0 Å². The van der Waals surface area contributed by atoms with Crippen LogP contribution in [0.3, 0.4) is 0 Å². The van der Waals surface area contributed by atoms with Crippen molar-refractivity contribution >= 4 is 17.9 Å². The van der Waals surface area contributed by atoms with Crippen LogP contribution >= 0.6 is 11.6 Å². The third-order valence-electron chi connectivity index (χ3n) is 3.17. The number of hydrogen-bond donors (Lipinski definition) is 0. The lowest BCUT2D eigenvalue weighted by molar-refractivity contribution is 0.110. The molecule has 3 rings (SSSR count). The van der Waals surface area contributed by atoms with Crippen molar-refractivity contribution in [3.63, 3.8) is 0 Å². The summed E-state index contributed by atoms with van der Waals surface area (Å²) >= 11 is 6.17. The number of carbonyl (C=O) groups excluding carboxylic acids is 1. The highest BCUT2D eigenvalue weighted by Gasteiger charge is 2.10. The first-order chi connectivity index (χ1) is 10.7. The molecule has 0 aliphatic carbocycles. The van der Waals surface area contributed by atoms with E-state index in [-0.39, 0.29) is 5.76 Å². The Kier molecular flexibility index (Phi) is 3.94. The van der Waals surface area contributed by atoms with E-state index in [0.717, 1.165) is 11.3 Å². The number of halogens is 1. The molecule has 0 saturated carbocycles. The van der Waals surface area contributed by atoms with Gasteiger partial charge in [0, 0.05) is 10.6 Å². The second kappa shape index (κ2) is 6.03. The number of rotatable bonds is 4. The summed E-state index contributed by atoms with van der Waals surface area (Å²) < 4.78 is 10.5. The van der Waals surface area contributed by atoms with Crippen LogP contribution in [0.25, 0.3) is 22.7 Å². The van der Waals surface area contributed by atoms with E-state index in [9.17, 15) is 4.79 Å². The van der Waals surface area contributed by atoms with Crippen molar-refractivity contribution in [3.05, 3.63) is 59.3 Å². The number of hydrogen-bond acceptors (Lipinski definition) is 4. The minimum atomic E-state index is 0.253. The smallest absolute Gasteiger partial charge is 0.185 e. The van der Waals surface area contributed by atoms with Gasteiger partial charge in [-0.15, -0.1) is 0 Å². The Balaban J connectivity index is 2.03.